The maximum atomic E-state index is 11.0. The summed E-state index contributed by atoms with van der Waals surface area (Å²) in [4.78, 5) is 4.58. The average Bonchev–Trinajstić information content (AvgIpc) is 3.80. The first-order valence-corrected chi connectivity index (χ1v) is 16.5. The molecule has 1 aliphatic carbocycles. The maximum absolute atomic E-state index is 11.0. The number of nitrogens with zero attached hydrogens (tertiary/aromatic N) is 1. The molecule has 44 heavy (non-hydrogen) atoms. The first-order valence-electron chi connectivity index (χ1n) is 16.5. The van der Waals surface area contributed by atoms with Gasteiger partial charge in [0, 0.05) is 31.8 Å². The normalized spacial score (nSPS) is 21.5. The molecule has 6 N–H and O–H groups in total. The Balaban J connectivity index is 1.34. The highest BCUT2D eigenvalue weighted by atomic mass is 16.5. The number of aryl methyl sites for hydroxylation is 1. The van der Waals surface area contributed by atoms with Crippen LogP contribution in [0.4, 0.5) is 0 Å². The van der Waals surface area contributed by atoms with Gasteiger partial charge < -0.3 is 40.5 Å². The highest BCUT2D eigenvalue weighted by molar-refractivity contribution is 5.84. The molecule has 1 aromatic carbocycles. The van der Waals surface area contributed by atoms with Gasteiger partial charge in [-0.2, -0.15) is 11.6 Å². The second-order valence-electron chi connectivity index (χ2n) is 12.5. The summed E-state index contributed by atoms with van der Waals surface area (Å²) in [5.74, 6) is 1.06. The number of aliphatic hydroxyl groups is 3. The van der Waals surface area contributed by atoms with Crippen LogP contribution in [0.5, 0.6) is 11.5 Å². The van der Waals surface area contributed by atoms with E-state index in [1.54, 1.807) is 19.1 Å². The molecular weight excluding hydrogens is 558 g/mol. The summed E-state index contributed by atoms with van der Waals surface area (Å²) in [6, 6.07) is 5.96. The van der Waals surface area contributed by atoms with Crippen molar-refractivity contribution in [3.8, 4) is 11.5 Å². The molecule has 1 aromatic rings. The van der Waals surface area contributed by atoms with Crippen molar-refractivity contribution in [1.82, 2.24) is 10.6 Å². The van der Waals surface area contributed by atoms with E-state index in [0.29, 0.717) is 37.1 Å². The highest BCUT2D eigenvalue weighted by Gasteiger charge is 2.41. The van der Waals surface area contributed by atoms with Crippen molar-refractivity contribution in [2.45, 2.75) is 96.0 Å². The first kappa shape index (κ1) is 34.3. The van der Waals surface area contributed by atoms with Crippen molar-refractivity contribution in [1.29, 1.82) is 0 Å². The fourth-order valence-corrected chi connectivity index (χ4v) is 6.63. The number of aliphatic imine (C=N–C) groups is 1. The lowest BCUT2D eigenvalue weighted by Crippen LogP contribution is -2.48. The number of rotatable bonds is 19. The fourth-order valence-electron chi connectivity index (χ4n) is 6.63. The molecule has 244 valence electrons. The Labute approximate surface area is 263 Å². The molecule has 5 atom stereocenters. The van der Waals surface area contributed by atoms with Gasteiger partial charge in [-0.3, -0.25) is 0 Å². The van der Waals surface area contributed by atoms with Crippen molar-refractivity contribution < 1.29 is 29.9 Å². The van der Waals surface area contributed by atoms with E-state index in [4.69, 9.17) is 9.47 Å². The Bertz CT molecular complexity index is 1120. The van der Waals surface area contributed by atoms with Crippen LogP contribution in [0.2, 0.25) is 0 Å². The molecule has 1 unspecified atom stereocenters. The Kier molecular flexibility index (Phi) is 13.5. The Morgan fingerprint density at radius 3 is 2.70 bits per heavy atom. The molecular formula is C35H53N3O6. The summed E-state index contributed by atoms with van der Waals surface area (Å²) in [6.07, 6.45) is 14.5. The maximum Gasteiger partial charge on any atom is 0.181 e. The molecule has 9 heteroatoms. The number of benzene rings is 1. The molecule has 0 radical (unpaired) electrons. The van der Waals surface area contributed by atoms with E-state index in [-0.39, 0.29) is 37.0 Å². The molecule has 0 spiro atoms. The summed E-state index contributed by atoms with van der Waals surface area (Å²) >= 11 is 0. The predicted molar refractivity (Wildman–Crippen MR) is 173 cm³/mol. The van der Waals surface area contributed by atoms with Crippen LogP contribution in [0.25, 0.3) is 0 Å². The lowest BCUT2D eigenvalue weighted by molar-refractivity contribution is 0.103. The summed E-state index contributed by atoms with van der Waals surface area (Å²) in [6.45, 7) is 5.18. The molecule has 3 aliphatic rings. The van der Waals surface area contributed by atoms with Gasteiger partial charge in [-0.25, -0.2) is 0 Å². The van der Waals surface area contributed by atoms with Crippen LogP contribution in [0, 0.1) is 24.0 Å². The van der Waals surface area contributed by atoms with Crippen LogP contribution in [-0.2, 0) is 11.2 Å². The van der Waals surface area contributed by atoms with E-state index < -0.39 is 12.2 Å². The van der Waals surface area contributed by atoms with E-state index in [2.05, 4.69) is 22.5 Å². The fraction of sp³-hybridized carbons (Fsp3) is 0.629. The van der Waals surface area contributed by atoms with Gasteiger partial charge in [0.1, 0.15) is 12.2 Å². The molecule has 2 heterocycles. The monoisotopic (exact) mass is 611 g/mol. The molecule has 1 fully saturated rings. The van der Waals surface area contributed by atoms with Crippen molar-refractivity contribution in [3.63, 3.8) is 0 Å². The van der Waals surface area contributed by atoms with Crippen molar-refractivity contribution in [2.24, 2.45) is 16.8 Å². The number of ether oxygens (including phenoxy) is 2. The van der Waals surface area contributed by atoms with Gasteiger partial charge >= 0.3 is 0 Å². The topological polar surface area (TPSA) is 136 Å². The molecule has 4 rings (SSSR count). The lowest BCUT2D eigenvalue weighted by Gasteiger charge is -2.30. The summed E-state index contributed by atoms with van der Waals surface area (Å²) in [5.41, 5.74) is 3.01. The van der Waals surface area contributed by atoms with Gasteiger partial charge in [0.15, 0.2) is 29.9 Å². The number of phenols is 1. The number of aromatic hydroxyl groups is 1. The van der Waals surface area contributed by atoms with E-state index in [1.165, 1.54) is 12.8 Å². The third kappa shape index (κ3) is 9.49. The first-order chi connectivity index (χ1) is 21.3. The van der Waals surface area contributed by atoms with Crippen LogP contribution in [-0.4, -0.2) is 84.3 Å². The van der Waals surface area contributed by atoms with Crippen molar-refractivity contribution in [3.05, 3.63) is 59.2 Å². The van der Waals surface area contributed by atoms with Crippen LogP contribution < -0.4 is 15.4 Å². The number of likely N-dealkylation sites (N-methyl/N-ethyl adjacent to an activating group) is 1. The van der Waals surface area contributed by atoms with Crippen molar-refractivity contribution >= 4 is 6.21 Å². The zero-order valence-corrected chi connectivity index (χ0v) is 26.7. The van der Waals surface area contributed by atoms with E-state index in [1.807, 2.05) is 31.5 Å². The molecule has 2 aliphatic heterocycles. The Hall–Kier alpha value is -2.53. The van der Waals surface area contributed by atoms with E-state index in [0.717, 1.165) is 61.5 Å². The zero-order chi connectivity index (χ0) is 31.5. The molecule has 0 saturated heterocycles. The minimum Gasteiger partial charge on any atom is -0.504 e. The van der Waals surface area contributed by atoms with Gasteiger partial charge in [0.2, 0.25) is 0 Å². The van der Waals surface area contributed by atoms with Crippen LogP contribution in [0.3, 0.4) is 0 Å². The lowest BCUT2D eigenvalue weighted by atomic mass is 9.79. The third-order valence-corrected chi connectivity index (χ3v) is 8.98. The standard InChI is InChI=1S/C35H53N3O6/c1-4-5-10-33-27(21-39)16-28(44-33)13-11-24-12-14-31(41)34(15-24)43-22-32(42)29-17-26(19-38-29)35(25-8-6-7-9-25)30(20-36-3)37-18-23(2)40/h12,14-17,19,23,25,30,32-33,35-37,39-42H,4-11,13,18,20-22H2,1-3H3/t23-,30-,32-,33?,35-/m0/s1. The quantitative estimate of drug-likeness (QED) is 0.129. The highest BCUT2D eigenvalue weighted by Crippen LogP contribution is 2.39. The largest absolute Gasteiger partial charge is 0.504 e. The number of hydrogen-bond acceptors (Lipinski definition) is 9. The zero-order valence-electron chi connectivity index (χ0n) is 26.7. The summed E-state index contributed by atoms with van der Waals surface area (Å²) in [7, 11) is 1.94. The SMILES string of the molecule is CCCCC1O[C-](CCc2ccc(O)c(OC[C@H](O)[C+]3C=C([C@H](C4CCCC4)[C@H](CNC)NC[C@H](C)O)C=N3)c2)C=C1CO. The molecule has 0 bridgehead atoms. The minimum atomic E-state index is -0.950. The van der Waals surface area contributed by atoms with Gasteiger partial charge in [0.25, 0.3) is 0 Å². The van der Waals surface area contributed by atoms with Crippen LogP contribution in [0.15, 0.2) is 46.5 Å². The Morgan fingerprint density at radius 1 is 1.20 bits per heavy atom. The number of nitrogens with one attached hydrogen (secondary N) is 2. The second kappa shape index (κ2) is 17.2. The smallest absolute Gasteiger partial charge is 0.181 e. The number of phenolic OH excluding ortho intramolecular Hbond substituents is 1. The van der Waals surface area contributed by atoms with E-state index >= 15 is 0 Å². The van der Waals surface area contributed by atoms with Crippen LogP contribution >= 0.6 is 0 Å². The molecule has 0 aromatic heterocycles. The number of hydrogen-bond donors (Lipinski definition) is 6. The van der Waals surface area contributed by atoms with Gasteiger partial charge in [-0.15, -0.1) is 4.99 Å². The number of aliphatic hydroxyl groups excluding tert-OH is 3. The molecule has 9 nitrogen and oxygen atoms in total. The van der Waals surface area contributed by atoms with E-state index in [9.17, 15) is 20.4 Å². The summed E-state index contributed by atoms with van der Waals surface area (Å²) in [5, 5.41) is 48.0. The van der Waals surface area contributed by atoms with Gasteiger partial charge in [-0.05, 0) is 63.3 Å². The second-order valence-corrected chi connectivity index (χ2v) is 12.5. The number of unbranched alkanes of at least 4 members (excludes halogenated alkanes) is 1. The molecule has 0 amide bonds. The van der Waals surface area contributed by atoms with Crippen LogP contribution in [0.1, 0.15) is 70.8 Å². The van der Waals surface area contributed by atoms with Gasteiger partial charge in [-0.1, -0.05) is 51.2 Å². The summed E-state index contributed by atoms with van der Waals surface area (Å²) < 4.78 is 12.0. The molecule has 1 saturated carbocycles. The predicted octanol–water partition coefficient (Wildman–Crippen LogP) is 4.01. The average molecular weight is 612 g/mol. The third-order valence-electron chi connectivity index (χ3n) is 8.98. The Morgan fingerprint density at radius 2 is 2.00 bits per heavy atom. The minimum absolute atomic E-state index is 0.00872. The van der Waals surface area contributed by atoms with Gasteiger partial charge in [0.05, 0.1) is 18.1 Å². The van der Waals surface area contributed by atoms with Crippen molar-refractivity contribution in [2.75, 3.05) is 33.4 Å².